The third-order valence-electron chi connectivity index (χ3n) is 4.53. The predicted octanol–water partition coefficient (Wildman–Crippen LogP) is 0.197. The molecule has 0 spiro atoms. The molecule has 2 atom stereocenters. The van der Waals surface area contributed by atoms with E-state index in [4.69, 9.17) is 0 Å². The molecule has 1 N–H and O–H groups in total. The van der Waals surface area contributed by atoms with Gasteiger partial charge in [-0.05, 0) is 5.56 Å². The van der Waals surface area contributed by atoms with Gasteiger partial charge in [-0.1, -0.05) is 30.3 Å². The third-order valence-corrected chi connectivity index (χ3v) is 4.53. The Morgan fingerprint density at radius 2 is 1.78 bits per heavy atom. The van der Waals surface area contributed by atoms with Crippen molar-refractivity contribution in [2.45, 2.75) is 25.5 Å². The molecule has 2 heterocycles. The second-order valence-electron chi connectivity index (χ2n) is 6.12. The number of piperidine rings is 1. The van der Waals surface area contributed by atoms with Crippen LogP contribution in [0.3, 0.4) is 0 Å². The van der Waals surface area contributed by atoms with Crippen LogP contribution in [-0.2, 0) is 20.9 Å². The molecule has 2 saturated heterocycles. The molecule has 1 aromatic rings. The molecular formula is C17H20N2O4. The van der Waals surface area contributed by atoms with Gasteiger partial charge in [-0.3, -0.25) is 14.4 Å². The molecule has 0 aliphatic carbocycles. The molecule has 0 aromatic heterocycles. The SMILES string of the molecule is O=C1CCN(C(=O)C2CN(Cc3ccccc3)C(=O)C2O)CC1. The molecule has 0 bridgehead atoms. The van der Waals surface area contributed by atoms with Crippen molar-refractivity contribution in [1.82, 2.24) is 9.80 Å². The van der Waals surface area contributed by atoms with Crippen LogP contribution in [0.4, 0.5) is 0 Å². The zero-order valence-electron chi connectivity index (χ0n) is 12.9. The van der Waals surface area contributed by atoms with Gasteiger partial charge in [-0.2, -0.15) is 0 Å². The molecule has 122 valence electrons. The highest BCUT2D eigenvalue weighted by Crippen LogP contribution is 2.24. The Balaban J connectivity index is 1.66. The highest BCUT2D eigenvalue weighted by atomic mass is 16.3. The summed E-state index contributed by atoms with van der Waals surface area (Å²) < 4.78 is 0. The van der Waals surface area contributed by atoms with E-state index in [2.05, 4.69) is 0 Å². The Labute approximate surface area is 134 Å². The van der Waals surface area contributed by atoms with Crippen molar-refractivity contribution in [3.05, 3.63) is 35.9 Å². The van der Waals surface area contributed by atoms with Gasteiger partial charge in [0.15, 0.2) is 0 Å². The fraction of sp³-hybridized carbons (Fsp3) is 0.471. The Morgan fingerprint density at radius 3 is 2.43 bits per heavy atom. The van der Waals surface area contributed by atoms with Crippen LogP contribution in [0, 0.1) is 5.92 Å². The van der Waals surface area contributed by atoms with Crippen molar-refractivity contribution in [1.29, 1.82) is 0 Å². The first-order chi connectivity index (χ1) is 11.1. The molecule has 23 heavy (non-hydrogen) atoms. The normalized spacial score (nSPS) is 25.1. The average Bonchev–Trinajstić information content (AvgIpc) is 2.84. The number of likely N-dealkylation sites (tertiary alicyclic amines) is 2. The molecule has 2 unspecified atom stereocenters. The maximum atomic E-state index is 12.5. The van der Waals surface area contributed by atoms with Crippen molar-refractivity contribution in [3.8, 4) is 0 Å². The third kappa shape index (κ3) is 3.27. The van der Waals surface area contributed by atoms with Crippen LogP contribution in [0.25, 0.3) is 0 Å². The van der Waals surface area contributed by atoms with Crippen molar-refractivity contribution in [2.75, 3.05) is 19.6 Å². The number of Topliss-reactive ketones (excluding diaryl/α,β-unsaturated/α-hetero) is 1. The highest BCUT2D eigenvalue weighted by molar-refractivity contribution is 5.93. The summed E-state index contributed by atoms with van der Waals surface area (Å²) in [5.41, 5.74) is 0.963. The second kappa shape index (κ2) is 6.50. The fourth-order valence-electron chi connectivity index (χ4n) is 3.16. The molecule has 0 saturated carbocycles. The standard InChI is InChI=1S/C17H20N2O4/c20-13-6-8-18(9-7-13)16(22)14-11-19(17(23)15(14)21)10-12-4-2-1-3-5-12/h1-5,14-15,21H,6-11H2. The van der Waals surface area contributed by atoms with Crippen molar-refractivity contribution in [2.24, 2.45) is 5.92 Å². The van der Waals surface area contributed by atoms with Gasteiger partial charge in [0.05, 0.1) is 5.92 Å². The largest absolute Gasteiger partial charge is 0.382 e. The molecule has 2 fully saturated rings. The highest BCUT2D eigenvalue weighted by Gasteiger charge is 2.44. The van der Waals surface area contributed by atoms with Crippen LogP contribution in [0.5, 0.6) is 0 Å². The first-order valence-corrected chi connectivity index (χ1v) is 7.87. The number of hydrogen-bond acceptors (Lipinski definition) is 4. The molecule has 6 heteroatoms. The Hall–Kier alpha value is -2.21. The number of nitrogens with zero attached hydrogens (tertiary/aromatic N) is 2. The van der Waals surface area contributed by atoms with E-state index in [1.54, 1.807) is 4.90 Å². The van der Waals surface area contributed by atoms with Crippen LogP contribution in [0.2, 0.25) is 0 Å². The molecule has 0 radical (unpaired) electrons. The minimum atomic E-state index is -1.29. The number of ketones is 1. The quantitative estimate of drug-likeness (QED) is 0.864. The minimum absolute atomic E-state index is 0.155. The van der Waals surface area contributed by atoms with Gasteiger partial charge in [-0.25, -0.2) is 0 Å². The maximum absolute atomic E-state index is 12.5. The Morgan fingerprint density at radius 1 is 1.13 bits per heavy atom. The summed E-state index contributed by atoms with van der Waals surface area (Å²) in [6.45, 7) is 1.37. The summed E-state index contributed by atoms with van der Waals surface area (Å²) in [5.74, 6) is -1.21. The summed E-state index contributed by atoms with van der Waals surface area (Å²) in [4.78, 5) is 39.1. The molecule has 3 rings (SSSR count). The van der Waals surface area contributed by atoms with E-state index < -0.39 is 17.9 Å². The van der Waals surface area contributed by atoms with Gasteiger partial charge in [0.25, 0.3) is 5.91 Å². The van der Waals surface area contributed by atoms with Crippen LogP contribution >= 0.6 is 0 Å². The van der Waals surface area contributed by atoms with E-state index in [-0.39, 0.29) is 18.2 Å². The van der Waals surface area contributed by atoms with Gasteiger partial charge in [0.2, 0.25) is 5.91 Å². The van der Waals surface area contributed by atoms with Gasteiger partial charge < -0.3 is 14.9 Å². The van der Waals surface area contributed by atoms with E-state index in [1.807, 2.05) is 30.3 Å². The van der Waals surface area contributed by atoms with Gasteiger partial charge in [0.1, 0.15) is 11.9 Å². The summed E-state index contributed by atoms with van der Waals surface area (Å²) in [6, 6.07) is 9.49. The second-order valence-corrected chi connectivity index (χ2v) is 6.12. The first kappa shape index (κ1) is 15.7. The zero-order valence-corrected chi connectivity index (χ0v) is 12.9. The molecule has 2 aliphatic heterocycles. The topological polar surface area (TPSA) is 77.9 Å². The smallest absolute Gasteiger partial charge is 0.252 e. The summed E-state index contributed by atoms with van der Waals surface area (Å²) in [5, 5.41) is 10.2. The lowest BCUT2D eigenvalue weighted by molar-refractivity contribution is -0.144. The van der Waals surface area contributed by atoms with E-state index >= 15 is 0 Å². The van der Waals surface area contributed by atoms with Gasteiger partial charge >= 0.3 is 0 Å². The molecule has 2 amide bonds. The molecule has 2 aliphatic rings. The number of aliphatic hydroxyl groups is 1. The lowest BCUT2D eigenvalue weighted by Crippen LogP contribution is -2.45. The lowest BCUT2D eigenvalue weighted by Gasteiger charge is -2.29. The predicted molar refractivity (Wildman–Crippen MR) is 82.2 cm³/mol. The Bertz CT molecular complexity index is 606. The molecule has 6 nitrogen and oxygen atoms in total. The lowest BCUT2D eigenvalue weighted by atomic mass is 10.0. The minimum Gasteiger partial charge on any atom is -0.382 e. The number of aliphatic hydroxyl groups excluding tert-OH is 1. The zero-order chi connectivity index (χ0) is 16.4. The van der Waals surface area contributed by atoms with Crippen molar-refractivity contribution >= 4 is 17.6 Å². The summed E-state index contributed by atoms with van der Waals surface area (Å²) in [7, 11) is 0. The van der Waals surface area contributed by atoms with Crippen LogP contribution in [0.1, 0.15) is 18.4 Å². The van der Waals surface area contributed by atoms with Crippen LogP contribution < -0.4 is 0 Å². The van der Waals surface area contributed by atoms with Gasteiger partial charge in [0, 0.05) is 39.0 Å². The van der Waals surface area contributed by atoms with E-state index in [0.717, 1.165) is 5.56 Å². The fourth-order valence-corrected chi connectivity index (χ4v) is 3.16. The maximum Gasteiger partial charge on any atom is 0.252 e. The summed E-state index contributed by atoms with van der Waals surface area (Å²) in [6.07, 6.45) is -0.573. The number of hydrogen-bond donors (Lipinski definition) is 1. The van der Waals surface area contributed by atoms with Crippen molar-refractivity contribution < 1.29 is 19.5 Å². The number of benzene rings is 1. The average molecular weight is 316 g/mol. The number of carbonyl (C=O) groups is 3. The number of rotatable bonds is 3. The van der Waals surface area contributed by atoms with Crippen molar-refractivity contribution in [3.63, 3.8) is 0 Å². The van der Waals surface area contributed by atoms with E-state index in [9.17, 15) is 19.5 Å². The number of amides is 2. The van der Waals surface area contributed by atoms with Crippen LogP contribution in [-0.4, -0.2) is 58.2 Å². The number of carbonyl (C=O) groups excluding carboxylic acids is 3. The summed E-state index contributed by atoms with van der Waals surface area (Å²) >= 11 is 0. The monoisotopic (exact) mass is 316 g/mol. The first-order valence-electron chi connectivity index (χ1n) is 7.87. The molecular weight excluding hydrogens is 296 g/mol. The van der Waals surface area contributed by atoms with E-state index in [0.29, 0.717) is 32.5 Å². The van der Waals surface area contributed by atoms with E-state index in [1.165, 1.54) is 4.90 Å². The van der Waals surface area contributed by atoms with Gasteiger partial charge in [-0.15, -0.1) is 0 Å². The Kier molecular flexibility index (Phi) is 4.43. The molecule has 1 aromatic carbocycles. The van der Waals surface area contributed by atoms with Crippen LogP contribution in [0.15, 0.2) is 30.3 Å².